The molecule has 1 unspecified atom stereocenters. The summed E-state index contributed by atoms with van der Waals surface area (Å²) in [5.74, 6) is -4.76. The van der Waals surface area contributed by atoms with Crippen molar-refractivity contribution in [3.63, 3.8) is 0 Å². The van der Waals surface area contributed by atoms with E-state index in [-0.39, 0.29) is 28.9 Å². The summed E-state index contributed by atoms with van der Waals surface area (Å²) in [6, 6.07) is 4.21. The number of carbonyl (C=O) groups is 1. The third kappa shape index (κ3) is 3.62. The van der Waals surface area contributed by atoms with Crippen LogP contribution >= 0.6 is 0 Å². The summed E-state index contributed by atoms with van der Waals surface area (Å²) in [7, 11) is 0. The topological polar surface area (TPSA) is 167 Å². The lowest BCUT2D eigenvalue weighted by atomic mass is 10.1. The van der Waals surface area contributed by atoms with Gasteiger partial charge in [-0.3, -0.25) is 4.79 Å². The molecule has 0 radical (unpaired) electrons. The zero-order valence-electron chi connectivity index (χ0n) is 15.9. The largest absolute Gasteiger partial charge is 0.507 e. The summed E-state index contributed by atoms with van der Waals surface area (Å²) in [6.45, 7) is 3.22. The molecule has 2 aromatic carbocycles. The van der Waals surface area contributed by atoms with Gasteiger partial charge >= 0.3 is 5.97 Å². The molecule has 0 amide bonds. The molecule has 0 aliphatic heterocycles. The molecular weight excluding hydrogens is 400 g/mol. The van der Waals surface area contributed by atoms with Gasteiger partial charge in [-0.25, -0.2) is 4.79 Å². The van der Waals surface area contributed by atoms with Crippen LogP contribution in [0.5, 0.6) is 34.5 Å². The number of phenolic OH excluding ortho intramolecular Hbond substituents is 4. The maximum atomic E-state index is 12.5. The summed E-state index contributed by atoms with van der Waals surface area (Å²) in [4.78, 5) is 24.3. The average molecular weight is 418 g/mol. The van der Waals surface area contributed by atoms with Gasteiger partial charge in [0.1, 0.15) is 22.5 Å². The van der Waals surface area contributed by atoms with Crippen LogP contribution in [-0.4, -0.2) is 44.2 Å². The highest BCUT2D eigenvalue weighted by Crippen LogP contribution is 2.42. The predicted molar refractivity (Wildman–Crippen MR) is 103 cm³/mol. The fourth-order valence-electron chi connectivity index (χ4n) is 2.78. The van der Waals surface area contributed by atoms with E-state index < -0.39 is 52.0 Å². The summed E-state index contributed by atoms with van der Waals surface area (Å²) in [6.07, 6.45) is -1.02. The fraction of sp³-hybridized carbons (Fsp3) is 0.200. The Bertz CT molecular complexity index is 1170. The Hall–Kier alpha value is -4.08. The van der Waals surface area contributed by atoms with Crippen LogP contribution in [0.25, 0.3) is 22.3 Å². The molecule has 0 fully saturated rings. The van der Waals surface area contributed by atoms with Crippen LogP contribution in [0.4, 0.5) is 0 Å². The highest BCUT2D eigenvalue weighted by atomic mass is 16.6. The lowest BCUT2D eigenvalue weighted by molar-refractivity contribution is -0.150. The first-order valence-corrected chi connectivity index (χ1v) is 8.75. The Morgan fingerprint density at radius 1 is 1.00 bits per heavy atom. The van der Waals surface area contributed by atoms with E-state index in [1.807, 2.05) is 0 Å². The van der Waals surface area contributed by atoms with Crippen molar-refractivity contribution in [1.29, 1.82) is 0 Å². The molecule has 10 nitrogen and oxygen atoms in total. The summed E-state index contributed by atoms with van der Waals surface area (Å²) in [5.41, 5.74) is -1.31. The normalized spacial score (nSPS) is 11.9. The minimum absolute atomic E-state index is 0.0169. The van der Waals surface area contributed by atoms with Crippen LogP contribution < -0.4 is 10.2 Å². The minimum atomic E-state index is -1.02. The first kappa shape index (κ1) is 20.6. The van der Waals surface area contributed by atoms with Crippen molar-refractivity contribution in [2.75, 3.05) is 6.61 Å². The quantitative estimate of drug-likeness (QED) is 0.306. The van der Waals surface area contributed by atoms with Gasteiger partial charge in [0, 0.05) is 17.7 Å². The predicted octanol–water partition coefficient (Wildman–Crippen LogP) is 2.32. The maximum absolute atomic E-state index is 12.5. The molecule has 0 bridgehead atoms. The highest BCUT2D eigenvalue weighted by molar-refractivity contribution is 5.88. The van der Waals surface area contributed by atoms with Crippen molar-refractivity contribution >= 4 is 16.9 Å². The van der Waals surface area contributed by atoms with Crippen LogP contribution in [0.1, 0.15) is 13.8 Å². The Morgan fingerprint density at radius 2 is 1.63 bits per heavy atom. The van der Waals surface area contributed by atoms with Crippen LogP contribution in [0.3, 0.4) is 0 Å². The number of rotatable bonds is 5. The molecule has 1 atom stereocenters. The van der Waals surface area contributed by atoms with Gasteiger partial charge in [0.05, 0.1) is 6.61 Å². The molecule has 1 heterocycles. The second-order valence-electron chi connectivity index (χ2n) is 6.30. The van der Waals surface area contributed by atoms with Crippen molar-refractivity contribution in [2.24, 2.45) is 0 Å². The van der Waals surface area contributed by atoms with E-state index in [0.29, 0.717) is 0 Å². The molecule has 10 heteroatoms. The number of benzene rings is 2. The third-order valence-electron chi connectivity index (χ3n) is 4.19. The highest BCUT2D eigenvalue weighted by Gasteiger charge is 2.22. The number of phenols is 4. The maximum Gasteiger partial charge on any atom is 0.347 e. The molecule has 0 saturated carbocycles. The molecule has 30 heavy (non-hydrogen) atoms. The lowest BCUT2D eigenvalue weighted by Crippen LogP contribution is -2.26. The van der Waals surface area contributed by atoms with E-state index in [2.05, 4.69) is 0 Å². The molecule has 3 rings (SSSR count). The second-order valence-corrected chi connectivity index (χ2v) is 6.30. The van der Waals surface area contributed by atoms with Gasteiger partial charge in [-0.1, -0.05) is 0 Å². The molecule has 0 spiro atoms. The van der Waals surface area contributed by atoms with Crippen LogP contribution in [0.15, 0.2) is 33.5 Å². The lowest BCUT2D eigenvalue weighted by Gasteiger charge is -2.14. The fourth-order valence-corrected chi connectivity index (χ4v) is 2.78. The van der Waals surface area contributed by atoms with Gasteiger partial charge in [0.25, 0.3) is 0 Å². The number of aromatic hydroxyl groups is 5. The number of hydrogen-bond donors (Lipinski definition) is 5. The van der Waals surface area contributed by atoms with Gasteiger partial charge in [-0.05, 0) is 26.0 Å². The molecular formula is C20H18O10. The van der Waals surface area contributed by atoms with E-state index >= 15 is 0 Å². The first-order chi connectivity index (χ1) is 14.1. The number of hydrogen-bond acceptors (Lipinski definition) is 10. The third-order valence-corrected chi connectivity index (χ3v) is 4.19. The van der Waals surface area contributed by atoms with E-state index in [1.54, 1.807) is 6.92 Å². The molecule has 0 saturated heterocycles. The van der Waals surface area contributed by atoms with Crippen molar-refractivity contribution in [2.45, 2.75) is 20.0 Å². The molecule has 1 aromatic heterocycles. The zero-order chi connectivity index (χ0) is 22.2. The number of fused-ring (bicyclic) bond motifs is 1. The molecule has 0 aliphatic rings. The Labute approximate surface area is 168 Å². The van der Waals surface area contributed by atoms with E-state index in [4.69, 9.17) is 13.9 Å². The standard InChI is InChI=1S/C20H18O10/c1-3-28-20(27)8(2)29-10-6-11(21)15-14(7-10)30-19(18(26)17(15)25)9-4-12(22)16(24)13(23)5-9/h4-8,21-24,26H,3H2,1-2H3. The smallest absolute Gasteiger partial charge is 0.347 e. The van der Waals surface area contributed by atoms with Gasteiger partial charge < -0.3 is 39.4 Å². The number of carbonyl (C=O) groups excluding carboxylic acids is 1. The minimum Gasteiger partial charge on any atom is -0.507 e. The average Bonchev–Trinajstić information content (AvgIpc) is 2.68. The SMILES string of the molecule is CCOC(=O)C(C)Oc1cc(O)c2c(=O)c(O)c(-c3cc(O)c(O)c(O)c3)oc2c1. The van der Waals surface area contributed by atoms with Crippen molar-refractivity contribution in [1.82, 2.24) is 0 Å². The first-order valence-electron chi connectivity index (χ1n) is 8.75. The molecule has 5 N–H and O–H groups in total. The van der Waals surface area contributed by atoms with Gasteiger partial charge in [-0.2, -0.15) is 0 Å². The summed E-state index contributed by atoms with van der Waals surface area (Å²) in [5, 5.41) is 48.9. The summed E-state index contributed by atoms with van der Waals surface area (Å²) >= 11 is 0. The number of esters is 1. The van der Waals surface area contributed by atoms with Gasteiger partial charge in [-0.15, -0.1) is 0 Å². The van der Waals surface area contributed by atoms with Crippen molar-refractivity contribution in [3.8, 4) is 45.8 Å². The monoisotopic (exact) mass is 418 g/mol. The van der Waals surface area contributed by atoms with Crippen LogP contribution in [0.2, 0.25) is 0 Å². The van der Waals surface area contributed by atoms with Crippen molar-refractivity contribution < 1.29 is 44.2 Å². The Balaban J connectivity index is 2.15. The van der Waals surface area contributed by atoms with Gasteiger partial charge in [0.15, 0.2) is 29.1 Å². The molecule has 158 valence electrons. The van der Waals surface area contributed by atoms with Crippen molar-refractivity contribution in [3.05, 3.63) is 34.5 Å². The molecule has 0 aliphatic carbocycles. The Kier molecular flexibility index (Phi) is 5.33. The van der Waals surface area contributed by atoms with Gasteiger partial charge in [0.2, 0.25) is 11.2 Å². The number of ether oxygens (including phenoxy) is 2. The Morgan fingerprint density at radius 3 is 2.23 bits per heavy atom. The van der Waals surface area contributed by atoms with E-state index in [0.717, 1.165) is 18.2 Å². The van der Waals surface area contributed by atoms with Crippen LogP contribution in [0, 0.1) is 0 Å². The molecule has 3 aromatic rings. The van der Waals surface area contributed by atoms with E-state index in [9.17, 15) is 35.1 Å². The second kappa shape index (κ2) is 7.74. The summed E-state index contributed by atoms with van der Waals surface area (Å²) < 4.78 is 15.8. The van der Waals surface area contributed by atoms with E-state index in [1.165, 1.54) is 13.0 Å². The van der Waals surface area contributed by atoms with Crippen LogP contribution in [-0.2, 0) is 9.53 Å². The zero-order valence-corrected chi connectivity index (χ0v) is 15.9.